The SMILES string of the molecule is NCCN(C(=O)c1ccncc1F)C1CCCC1. The van der Waals surface area contributed by atoms with E-state index in [4.69, 9.17) is 5.73 Å². The summed E-state index contributed by atoms with van der Waals surface area (Å²) in [5, 5.41) is 0. The number of aromatic nitrogens is 1. The van der Waals surface area contributed by atoms with E-state index in [-0.39, 0.29) is 17.5 Å². The summed E-state index contributed by atoms with van der Waals surface area (Å²) in [7, 11) is 0. The zero-order chi connectivity index (χ0) is 13.0. The Kier molecular flexibility index (Phi) is 4.25. The quantitative estimate of drug-likeness (QED) is 0.883. The molecule has 0 atom stereocenters. The van der Waals surface area contributed by atoms with Crippen molar-refractivity contribution in [1.29, 1.82) is 0 Å². The van der Waals surface area contributed by atoms with Gasteiger partial charge in [-0.25, -0.2) is 4.39 Å². The second-order valence-corrected chi connectivity index (χ2v) is 4.58. The van der Waals surface area contributed by atoms with Crippen molar-refractivity contribution in [1.82, 2.24) is 9.88 Å². The molecule has 1 heterocycles. The first-order chi connectivity index (χ1) is 8.74. The minimum absolute atomic E-state index is 0.0883. The number of pyridine rings is 1. The summed E-state index contributed by atoms with van der Waals surface area (Å²) in [5.41, 5.74) is 5.64. The van der Waals surface area contributed by atoms with E-state index in [2.05, 4.69) is 4.98 Å². The van der Waals surface area contributed by atoms with Crippen LogP contribution in [-0.2, 0) is 0 Å². The van der Waals surface area contributed by atoms with E-state index in [1.54, 1.807) is 4.90 Å². The van der Waals surface area contributed by atoms with Gasteiger partial charge in [0.15, 0.2) is 5.82 Å². The van der Waals surface area contributed by atoms with Crippen molar-refractivity contribution in [2.45, 2.75) is 31.7 Å². The Morgan fingerprint density at radius 3 is 2.83 bits per heavy atom. The molecule has 0 aromatic carbocycles. The van der Waals surface area contributed by atoms with Crippen LogP contribution in [0.5, 0.6) is 0 Å². The standard InChI is InChI=1S/C13H18FN3O/c14-12-9-16-7-5-11(12)13(18)17(8-6-15)10-3-1-2-4-10/h5,7,9-10H,1-4,6,8,15H2. The van der Waals surface area contributed by atoms with Gasteiger partial charge in [-0.1, -0.05) is 12.8 Å². The maximum Gasteiger partial charge on any atom is 0.257 e. The van der Waals surface area contributed by atoms with Gasteiger partial charge in [0.05, 0.1) is 11.8 Å². The molecule has 1 aromatic rings. The van der Waals surface area contributed by atoms with Gasteiger partial charge in [-0.2, -0.15) is 0 Å². The van der Waals surface area contributed by atoms with Crippen LogP contribution in [0.15, 0.2) is 18.5 Å². The molecule has 0 saturated heterocycles. The molecule has 0 unspecified atom stereocenters. The van der Waals surface area contributed by atoms with Gasteiger partial charge >= 0.3 is 0 Å². The molecule has 5 heteroatoms. The third-order valence-electron chi connectivity index (χ3n) is 3.40. The summed E-state index contributed by atoms with van der Waals surface area (Å²) >= 11 is 0. The molecule has 1 aliphatic rings. The minimum atomic E-state index is -0.567. The van der Waals surface area contributed by atoms with Crippen molar-refractivity contribution in [3.8, 4) is 0 Å². The molecule has 1 saturated carbocycles. The molecule has 0 aliphatic heterocycles. The zero-order valence-electron chi connectivity index (χ0n) is 10.3. The van der Waals surface area contributed by atoms with Gasteiger partial charge in [-0.15, -0.1) is 0 Å². The van der Waals surface area contributed by atoms with Gasteiger partial charge in [-0.3, -0.25) is 9.78 Å². The fourth-order valence-electron chi connectivity index (χ4n) is 2.51. The highest BCUT2D eigenvalue weighted by molar-refractivity contribution is 5.94. The lowest BCUT2D eigenvalue weighted by Gasteiger charge is -2.28. The van der Waals surface area contributed by atoms with Gasteiger partial charge in [-0.05, 0) is 18.9 Å². The molecule has 0 radical (unpaired) electrons. The van der Waals surface area contributed by atoms with Crippen molar-refractivity contribution in [2.24, 2.45) is 5.73 Å². The number of rotatable bonds is 4. The Morgan fingerprint density at radius 1 is 1.50 bits per heavy atom. The molecule has 1 aliphatic carbocycles. The second kappa shape index (κ2) is 5.91. The number of nitrogens with zero attached hydrogens (tertiary/aromatic N) is 2. The van der Waals surface area contributed by atoms with Crippen molar-refractivity contribution < 1.29 is 9.18 Å². The zero-order valence-corrected chi connectivity index (χ0v) is 10.3. The molecule has 1 amide bonds. The van der Waals surface area contributed by atoms with E-state index < -0.39 is 5.82 Å². The van der Waals surface area contributed by atoms with E-state index in [0.717, 1.165) is 31.9 Å². The Hall–Kier alpha value is -1.49. The van der Waals surface area contributed by atoms with Gasteiger partial charge in [0.2, 0.25) is 0 Å². The van der Waals surface area contributed by atoms with Crippen LogP contribution in [0.2, 0.25) is 0 Å². The van der Waals surface area contributed by atoms with E-state index in [9.17, 15) is 9.18 Å². The van der Waals surface area contributed by atoms with E-state index in [1.165, 1.54) is 12.3 Å². The summed E-state index contributed by atoms with van der Waals surface area (Å²) in [4.78, 5) is 17.7. The van der Waals surface area contributed by atoms with Crippen LogP contribution in [0.25, 0.3) is 0 Å². The minimum Gasteiger partial charge on any atom is -0.334 e. The molecule has 1 fully saturated rings. The first kappa shape index (κ1) is 13.0. The van der Waals surface area contributed by atoms with Crippen LogP contribution in [0.1, 0.15) is 36.0 Å². The Bertz CT molecular complexity index is 418. The number of hydrogen-bond acceptors (Lipinski definition) is 3. The van der Waals surface area contributed by atoms with Crippen LogP contribution in [0.3, 0.4) is 0 Å². The number of carbonyl (C=O) groups is 1. The van der Waals surface area contributed by atoms with Gasteiger partial charge in [0.25, 0.3) is 5.91 Å². The molecule has 0 spiro atoms. The molecular formula is C13H18FN3O. The first-order valence-electron chi connectivity index (χ1n) is 6.34. The largest absolute Gasteiger partial charge is 0.334 e. The van der Waals surface area contributed by atoms with E-state index >= 15 is 0 Å². The maximum absolute atomic E-state index is 13.6. The van der Waals surface area contributed by atoms with Crippen LogP contribution in [-0.4, -0.2) is 34.9 Å². The summed E-state index contributed by atoms with van der Waals surface area (Å²) < 4.78 is 13.6. The molecule has 2 N–H and O–H groups in total. The highest BCUT2D eigenvalue weighted by Crippen LogP contribution is 2.25. The average molecular weight is 251 g/mol. The van der Waals surface area contributed by atoms with Gasteiger partial charge in [0, 0.05) is 25.3 Å². The lowest BCUT2D eigenvalue weighted by Crippen LogP contribution is -2.42. The van der Waals surface area contributed by atoms with E-state index in [1.807, 2.05) is 0 Å². The molecule has 2 rings (SSSR count). The van der Waals surface area contributed by atoms with Crippen molar-refractivity contribution in [3.63, 3.8) is 0 Å². The fourth-order valence-corrected chi connectivity index (χ4v) is 2.51. The number of halogens is 1. The number of hydrogen-bond donors (Lipinski definition) is 1. The lowest BCUT2D eigenvalue weighted by atomic mass is 10.1. The predicted octanol–water partition coefficient (Wildman–Crippen LogP) is 1.56. The average Bonchev–Trinajstić information content (AvgIpc) is 2.89. The number of carbonyl (C=O) groups excluding carboxylic acids is 1. The Balaban J connectivity index is 2.20. The highest BCUT2D eigenvalue weighted by Gasteiger charge is 2.28. The number of nitrogens with two attached hydrogens (primary N) is 1. The van der Waals surface area contributed by atoms with Gasteiger partial charge < -0.3 is 10.6 Å². The van der Waals surface area contributed by atoms with E-state index in [0.29, 0.717) is 13.1 Å². The van der Waals surface area contributed by atoms with Gasteiger partial charge in [0.1, 0.15) is 0 Å². The number of amides is 1. The molecule has 0 bridgehead atoms. The predicted molar refractivity (Wildman–Crippen MR) is 66.5 cm³/mol. The third kappa shape index (κ3) is 2.67. The fraction of sp³-hybridized carbons (Fsp3) is 0.538. The first-order valence-corrected chi connectivity index (χ1v) is 6.34. The molecular weight excluding hydrogens is 233 g/mol. The van der Waals surface area contributed by atoms with Crippen LogP contribution in [0.4, 0.5) is 4.39 Å². The summed E-state index contributed by atoms with van der Waals surface area (Å²) in [6.07, 6.45) is 6.72. The molecule has 1 aromatic heterocycles. The smallest absolute Gasteiger partial charge is 0.257 e. The lowest BCUT2D eigenvalue weighted by molar-refractivity contribution is 0.0683. The van der Waals surface area contributed by atoms with Crippen molar-refractivity contribution in [3.05, 3.63) is 29.8 Å². The molecule has 98 valence electrons. The summed E-state index contributed by atoms with van der Waals surface area (Å²) in [6, 6.07) is 1.63. The Morgan fingerprint density at radius 2 is 2.22 bits per heavy atom. The second-order valence-electron chi connectivity index (χ2n) is 4.58. The Labute approximate surface area is 106 Å². The van der Waals surface area contributed by atoms with Crippen molar-refractivity contribution >= 4 is 5.91 Å². The molecule has 18 heavy (non-hydrogen) atoms. The van der Waals surface area contributed by atoms with Crippen LogP contribution >= 0.6 is 0 Å². The third-order valence-corrected chi connectivity index (χ3v) is 3.40. The maximum atomic E-state index is 13.6. The summed E-state index contributed by atoms with van der Waals surface area (Å²) in [5.74, 6) is -0.838. The normalized spacial score (nSPS) is 15.9. The molecule has 4 nitrogen and oxygen atoms in total. The highest BCUT2D eigenvalue weighted by atomic mass is 19.1. The van der Waals surface area contributed by atoms with Crippen LogP contribution in [0, 0.1) is 5.82 Å². The summed E-state index contributed by atoms with van der Waals surface area (Å²) in [6.45, 7) is 0.875. The van der Waals surface area contributed by atoms with Crippen molar-refractivity contribution in [2.75, 3.05) is 13.1 Å². The monoisotopic (exact) mass is 251 g/mol. The topological polar surface area (TPSA) is 59.2 Å². The van der Waals surface area contributed by atoms with Crippen LogP contribution < -0.4 is 5.73 Å².